The van der Waals surface area contributed by atoms with Gasteiger partial charge in [0.1, 0.15) is 5.75 Å². The molecule has 0 spiro atoms. The third kappa shape index (κ3) is 3.04. The molecule has 0 aliphatic heterocycles. The summed E-state index contributed by atoms with van der Waals surface area (Å²) < 4.78 is 7.58. The Morgan fingerprint density at radius 2 is 2.05 bits per heavy atom. The van der Waals surface area contributed by atoms with Crippen LogP contribution in [0.1, 0.15) is 37.0 Å². The summed E-state index contributed by atoms with van der Waals surface area (Å²) in [4.78, 5) is 11.4. The monoisotopic (exact) mass is 400 g/mol. The molecule has 1 aromatic heterocycles. The van der Waals surface area contributed by atoms with Gasteiger partial charge in [-0.2, -0.15) is 5.10 Å². The van der Waals surface area contributed by atoms with Gasteiger partial charge < -0.3 is 9.84 Å². The molecule has 0 fully saturated rings. The van der Waals surface area contributed by atoms with Crippen LogP contribution < -0.4 is 4.74 Å². The van der Waals surface area contributed by atoms with Crippen molar-refractivity contribution in [1.29, 1.82) is 0 Å². The quantitative estimate of drug-likeness (QED) is 0.802. The van der Waals surface area contributed by atoms with Crippen LogP contribution in [0.5, 0.6) is 5.75 Å². The van der Waals surface area contributed by atoms with E-state index in [2.05, 4.69) is 27.7 Å². The molecule has 112 valence electrons. The third-order valence-electron chi connectivity index (χ3n) is 3.04. The fourth-order valence-electron chi connectivity index (χ4n) is 2.11. The van der Waals surface area contributed by atoms with Crippen molar-refractivity contribution in [3.8, 4) is 11.4 Å². The zero-order valence-corrected chi connectivity index (χ0v) is 14.5. The molecule has 0 unspecified atom stereocenters. The van der Waals surface area contributed by atoms with E-state index in [0.717, 1.165) is 11.4 Å². The number of aromatic nitrogens is 2. The van der Waals surface area contributed by atoms with Gasteiger partial charge in [-0.3, -0.25) is 0 Å². The van der Waals surface area contributed by atoms with Crippen molar-refractivity contribution in [3.05, 3.63) is 39.2 Å². The van der Waals surface area contributed by atoms with Crippen LogP contribution >= 0.6 is 22.6 Å². The lowest BCUT2D eigenvalue weighted by Crippen LogP contribution is -2.18. The van der Waals surface area contributed by atoms with Crippen LogP contribution in [-0.4, -0.2) is 28.0 Å². The van der Waals surface area contributed by atoms with Gasteiger partial charge in [0.2, 0.25) is 0 Å². The lowest BCUT2D eigenvalue weighted by molar-refractivity contribution is 0.0689. The molecule has 0 saturated carbocycles. The molecule has 0 bridgehead atoms. The van der Waals surface area contributed by atoms with Gasteiger partial charge in [0.15, 0.2) is 5.69 Å². The van der Waals surface area contributed by atoms with E-state index in [9.17, 15) is 9.90 Å². The first-order valence-electron chi connectivity index (χ1n) is 6.42. The molecule has 6 heteroatoms. The van der Waals surface area contributed by atoms with Crippen molar-refractivity contribution in [2.75, 3.05) is 7.11 Å². The molecular weight excluding hydrogens is 383 g/mol. The van der Waals surface area contributed by atoms with E-state index in [4.69, 9.17) is 4.74 Å². The highest BCUT2D eigenvalue weighted by Crippen LogP contribution is 2.32. The predicted molar refractivity (Wildman–Crippen MR) is 88.5 cm³/mol. The van der Waals surface area contributed by atoms with Gasteiger partial charge >= 0.3 is 5.97 Å². The third-order valence-corrected chi connectivity index (χ3v) is 4.06. The fourth-order valence-corrected chi connectivity index (χ4v) is 3.49. The van der Waals surface area contributed by atoms with E-state index < -0.39 is 5.97 Å². The molecule has 2 rings (SSSR count). The second kappa shape index (κ2) is 5.67. The number of carboxylic acids is 1. The summed E-state index contributed by atoms with van der Waals surface area (Å²) >= 11 is 2.05. The number of methoxy groups -OCH3 is 1. The normalized spacial score (nSPS) is 11.5. The Hall–Kier alpha value is -1.57. The summed E-state index contributed by atoms with van der Waals surface area (Å²) in [6, 6.07) is 7.42. The Labute approximate surface area is 137 Å². The van der Waals surface area contributed by atoms with E-state index >= 15 is 0 Å². The average Bonchev–Trinajstić information content (AvgIpc) is 2.76. The Morgan fingerprint density at radius 3 is 2.57 bits per heavy atom. The minimum atomic E-state index is -1.02. The molecule has 1 heterocycles. The predicted octanol–water partition coefficient (Wildman–Crippen LogP) is 3.48. The van der Waals surface area contributed by atoms with Gasteiger partial charge in [-0.25, -0.2) is 9.48 Å². The van der Waals surface area contributed by atoms with Crippen molar-refractivity contribution in [2.45, 2.75) is 26.2 Å². The van der Waals surface area contributed by atoms with E-state index in [-0.39, 0.29) is 11.1 Å². The molecule has 0 aliphatic carbocycles. The van der Waals surface area contributed by atoms with E-state index in [1.54, 1.807) is 11.8 Å². The first kappa shape index (κ1) is 15.8. The highest BCUT2D eigenvalue weighted by Gasteiger charge is 2.29. The molecule has 1 N–H and O–H groups in total. The topological polar surface area (TPSA) is 64.4 Å². The molecule has 1 aromatic carbocycles. The van der Waals surface area contributed by atoms with Crippen LogP contribution in [0.3, 0.4) is 0 Å². The van der Waals surface area contributed by atoms with Gasteiger partial charge in [-0.05, 0) is 34.7 Å². The standard InChI is InChI=1S/C15H17IN2O3/c1-15(2,3)13-11(16)12(14(19)20)17-18(13)9-6-5-7-10(8-9)21-4/h5-8H,1-4H3,(H,19,20). The van der Waals surface area contributed by atoms with Gasteiger partial charge in [0.05, 0.1) is 22.1 Å². The van der Waals surface area contributed by atoms with Crippen molar-refractivity contribution >= 4 is 28.6 Å². The first-order valence-corrected chi connectivity index (χ1v) is 7.50. The summed E-state index contributed by atoms with van der Waals surface area (Å²) in [5.41, 5.74) is 1.49. The Balaban J connectivity index is 2.72. The minimum Gasteiger partial charge on any atom is -0.497 e. The molecule has 21 heavy (non-hydrogen) atoms. The largest absolute Gasteiger partial charge is 0.497 e. The Kier molecular flexibility index (Phi) is 4.27. The lowest BCUT2D eigenvalue weighted by Gasteiger charge is -2.21. The molecule has 0 saturated heterocycles. The van der Waals surface area contributed by atoms with Gasteiger partial charge in [-0.1, -0.05) is 26.8 Å². The second-order valence-corrected chi connectivity index (χ2v) is 6.76. The highest BCUT2D eigenvalue weighted by molar-refractivity contribution is 14.1. The summed E-state index contributed by atoms with van der Waals surface area (Å²) in [5.74, 6) is -0.318. The maximum atomic E-state index is 11.4. The molecule has 0 atom stereocenters. The zero-order valence-electron chi connectivity index (χ0n) is 12.3. The van der Waals surface area contributed by atoms with E-state index in [1.165, 1.54) is 0 Å². The van der Waals surface area contributed by atoms with Crippen LogP contribution in [0.15, 0.2) is 24.3 Å². The number of hydrogen-bond acceptors (Lipinski definition) is 3. The number of carboxylic acid groups (broad SMARTS) is 1. The first-order chi connectivity index (χ1) is 9.75. The minimum absolute atomic E-state index is 0.0725. The van der Waals surface area contributed by atoms with Crippen LogP contribution in [0, 0.1) is 3.57 Å². The van der Waals surface area contributed by atoms with Crippen molar-refractivity contribution in [1.82, 2.24) is 9.78 Å². The smallest absolute Gasteiger partial charge is 0.357 e. The molecular formula is C15H17IN2O3. The van der Waals surface area contributed by atoms with Gasteiger partial charge in [-0.15, -0.1) is 0 Å². The molecule has 0 radical (unpaired) electrons. The van der Waals surface area contributed by atoms with Crippen LogP contribution in [0.4, 0.5) is 0 Å². The highest BCUT2D eigenvalue weighted by atomic mass is 127. The van der Waals surface area contributed by atoms with Crippen molar-refractivity contribution in [2.24, 2.45) is 0 Å². The van der Waals surface area contributed by atoms with E-state index in [1.807, 2.05) is 45.0 Å². The number of nitrogens with zero attached hydrogens (tertiary/aromatic N) is 2. The van der Waals surface area contributed by atoms with Crippen LogP contribution in [-0.2, 0) is 5.41 Å². The fraction of sp³-hybridized carbons (Fsp3) is 0.333. The number of hydrogen-bond donors (Lipinski definition) is 1. The summed E-state index contributed by atoms with van der Waals surface area (Å²) in [7, 11) is 1.60. The number of carbonyl (C=O) groups is 1. The number of aromatic carboxylic acids is 1. The van der Waals surface area contributed by atoms with Crippen LogP contribution in [0.2, 0.25) is 0 Å². The lowest BCUT2D eigenvalue weighted by atomic mass is 9.91. The summed E-state index contributed by atoms with van der Waals surface area (Å²) in [6.07, 6.45) is 0. The van der Waals surface area contributed by atoms with Crippen molar-refractivity contribution < 1.29 is 14.6 Å². The Bertz CT molecular complexity index is 687. The summed E-state index contributed by atoms with van der Waals surface area (Å²) in [6.45, 7) is 6.11. The molecule has 2 aromatic rings. The number of rotatable bonds is 3. The second-order valence-electron chi connectivity index (χ2n) is 5.68. The van der Waals surface area contributed by atoms with Gasteiger partial charge in [0.25, 0.3) is 0 Å². The van der Waals surface area contributed by atoms with Crippen molar-refractivity contribution in [3.63, 3.8) is 0 Å². The maximum Gasteiger partial charge on any atom is 0.357 e. The zero-order chi connectivity index (χ0) is 15.8. The Morgan fingerprint density at radius 1 is 1.38 bits per heavy atom. The van der Waals surface area contributed by atoms with E-state index in [0.29, 0.717) is 9.32 Å². The van der Waals surface area contributed by atoms with Crippen LogP contribution in [0.25, 0.3) is 5.69 Å². The summed E-state index contributed by atoms with van der Waals surface area (Å²) in [5, 5.41) is 13.6. The van der Waals surface area contributed by atoms with Gasteiger partial charge in [0, 0.05) is 11.5 Å². The number of halogens is 1. The maximum absolute atomic E-state index is 11.4. The number of ether oxygens (including phenoxy) is 1. The number of benzene rings is 1. The SMILES string of the molecule is COc1cccc(-n2nc(C(=O)O)c(I)c2C(C)(C)C)c1. The molecule has 0 aliphatic rings. The average molecular weight is 400 g/mol. The molecule has 5 nitrogen and oxygen atoms in total. The molecule has 0 amide bonds.